The molecule has 0 radical (unpaired) electrons. The van der Waals surface area contributed by atoms with Crippen molar-refractivity contribution in [3.63, 3.8) is 0 Å². The van der Waals surface area contributed by atoms with E-state index >= 15 is 0 Å². The second-order valence-electron chi connectivity index (χ2n) is 4.08. The minimum absolute atomic E-state index is 0.246. The molecule has 0 spiro atoms. The lowest BCUT2D eigenvalue weighted by atomic mass is 10.2. The van der Waals surface area contributed by atoms with E-state index in [0.29, 0.717) is 13.2 Å². The summed E-state index contributed by atoms with van der Waals surface area (Å²) in [6.45, 7) is 2.68. The van der Waals surface area contributed by atoms with E-state index in [-0.39, 0.29) is 6.61 Å². The van der Waals surface area contributed by atoms with Crippen LogP contribution >= 0.6 is 0 Å². The van der Waals surface area contributed by atoms with Crippen LogP contribution in [0.4, 0.5) is 5.69 Å². The Bertz CT molecular complexity index is 394. The van der Waals surface area contributed by atoms with Gasteiger partial charge in [0.1, 0.15) is 6.10 Å². The summed E-state index contributed by atoms with van der Waals surface area (Å²) in [5.74, 6) is -0.643. The average Bonchev–Trinajstić information content (AvgIpc) is 2.60. The molecule has 2 atom stereocenters. The van der Waals surface area contributed by atoms with Crippen LogP contribution in [0.5, 0.6) is 0 Å². The summed E-state index contributed by atoms with van der Waals surface area (Å²) in [6.07, 6.45) is -1.86. The lowest BCUT2D eigenvalue weighted by Gasteiger charge is -2.19. The van der Waals surface area contributed by atoms with Gasteiger partial charge in [-0.15, -0.1) is 0 Å². The number of esters is 1. The Hall–Kier alpha value is -1.59. The Kier molecular flexibility index (Phi) is 4.17. The summed E-state index contributed by atoms with van der Waals surface area (Å²) in [7, 11) is 0. The molecule has 1 aliphatic heterocycles. The molecular formula is C13H17NO4. The third-order valence-corrected chi connectivity index (χ3v) is 2.84. The van der Waals surface area contributed by atoms with E-state index in [1.54, 1.807) is 6.92 Å². The Morgan fingerprint density at radius 3 is 3.17 bits per heavy atom. The molecule has 5 heteroatoms. The molecule has 1 aliphatic rings. The van der Waals surface area contributed by atoms with Gasteiger partial charge in [-0.05, 0) is 13.0 Å². The maximum absolute atomic E-state index is 11.4. The van der Waals surface area contributed by atoms with Crippen LogP contribution in [0, 0.1) is 0 Å². The first-order chi connectivity index (χ1) is 8.72. The number of carbonyl (C=O) groups is 1. The van der Waals surface area contributed by atoms with E-state index < -0.39 is 18.2 Å². The molecule has 2 unspecified atom stereocenters. The van der Waals surface area contributed by atoms with Crippen LogP contribution in [0.15, 0.2) is 24.3 Å². The molecule has 5 nitrogen and oxygen atoms in total. The van der Waals surface area contributed by atoms with Crippen LogP contribution in [0.25, 0.3) is 0 Å². The van der Waals surface area contributed by atoms with Crippen molar-refractivity contribution in [2.75, 3.05) is 18.5 Å². The van der Waals surface area contributed by atoms with Gasteiger partial charge < -0.3 is 19.9 Å². The number of rotatable bonds is 3. The fourth-order valence-electron chi connectivity index (χ4n) is 1.87. The number of anilines is 1. The van der Waals surface area contributed by atoms with Crippen LogP contribution in [0.1, 0.15) is 12.5 Å². The van der Waals surface area contributed by atoms with Gasteiger partial charge in [-0.2, -0.15) is 0 Å². The van der Waals surface area contributed by atoms with Crippen LogP contribution in [0.3, 0.4) is 0 Å². The highest BCUT2D eigenvalue weighted by atomic mass is 16.6. The summed E-state index contributed by atoms with van der Waals surface area (Å²) >= 11 is 0. The van der Waals surface area contributed by atoms with Gasteiger partial charge in [0, 0.05) is 17.8 Å². The molecule has 0 saturated carbocycles. The Morgan fingerprint density at radius 2 is 2.39 bits per heavy atom. The number of para-hydroxylation sites is 1. The molecule has 0 saturated heterocycles. The molecule has 98 valence electrons. The Morgan fingerprint density at radius 1 is 1.61 bits per heavy atom. The standard InChI is InChI=1S/C13H17NO4/c1-2-17-13(16)12(15)11-7-14-10-6-4-3-5-9(10)8-18-11/h3-6,11-12,14-15H,2,7-8H2,1H3. The first kappa shape index (κ1) is 12.9. The number of benzene rings is 1. The molecule has 0 aliphatic carbocycles. The van der Waals surface area contributed by atoms with Crippen LogP contribution < -0.4 is 5.32 Å². The molecule has 1 aromatic rings. The van der Waals surface area contributed by atoms with Gasteiger partial charge in [-0.25, -0.2) is 4.79 Å². The monoisotopic (exact) mass is 251 g/mol. The van der Waals surface area contributed by atoms with Crippen molar-refractivity contribution in [2.24, 2.45) is 0 Å². The van der Waals surface area contributed by atoms with Crippen molar-refractivity contribution in [1.29, 1.82) is 0 Å². The Balaban J connectivity index is 2.01. The Labute approximate surface area is 106 Å². The maximum Gasteiger partial charge on any atom is 0.337 e. The third kappa shape index (κ3) is 2.80. The van der Waals surface area contributed by atoms with Gasteiger partial charge in [0.05, 0.1) is 13.2 Å². The third-order valence-electron chi connectivity index (χ3n) is 2.84. The van der Waals surface area contributed by atoms with Crippen molar-refractivity contribution >= 4 is 11.7 Å². The average molecular weight is 251 g/mol. The molecule has 2 rings (SSSR count). The zero-order chi connectivity index (χ0) is 13.0. The van der Waals surface area contributed by atoms with Gasteiger partial charge in [-0.1, -0.05) is 18.2 Å². The summed E-state index contributed by atoms with van der Waals surface area (Å²) in [4.78, 5) is 11.4. The van der Waals surface area contributed by atoms with E-state index in [0.717, 1.165) is 11.3 Å². The molecule has 1 aromatic carbocycles. The number of fused-ring (bicyclic) bond motifs is 1. The number of ether oxygens (including phenoxy) is 2. The molecule has 0 fully saturated rings. The lowest BCUT2D eigenvalue weighted by molar-refractivity contribution is -0.161. The highest BCUT2D eigenvalue weighted by Gasteiger charge is 2.29. The van der Waals surface area contributed by atoms with Crippen LogP contribution in [-0.4, -0.2) is 36.4 Å². The van der Waals surface area contributed by atoms with E-state index in [2.05, 4.69) is 5.32 Å². The predicted octanol–water partition coefficient (Wildman–Crippen LogP) is 0.921. The van der Waals surface area contributed by atoms with E-state index in [1.165, 1.54) is 0 Å². The number of carbonyl (C=O) groups excluding carboxylic acids is 1. The normalized spacial score (nSPS) is 20.2. The van der Waals surface area contributed by atoms with Gasteiger partial charge in [-0.3, -0.25) is 0 Å². The highest BCUT2D eigenvalue weighted by molar-refractivity contribution is 5.75. The lowest BCUT2D eigenvalue weighted by Crippen LogP contribution is -2.40. The minimum Gasteiger partial charge on any atom is -0.464 e. The predicted molar refractivity (Wildman–Crippen MR) is 66.1 cm³/mol. The zero-order valence-corrected chi connectivity index (χ0v) is 10.3. The van der Waals surface area contributed by atoms with Crippen molar-refractivity contribution in [1.82, 2.24) is 0 Å². The first-order valence-corrected chi connectivity index (χ1v) is 6.00. The molecular weight excluding hydrogens is 234 g/mol. The number of nitrogens with one attached hydrogen (secondary N) is 1. The van der Waals surface area contributed by atoms with Crippen molar-refractivity contribution in [2.45, 2.75) is 25.7 Å². The van der Waals surface area contributed by atoms with Crippen LogP contribution in [0.2, 0.25) is 0 Å². The van der Waals surface area contributed by atoms with Gasteiger partial charge in [0.25, 0.3) is 0 Å². The van der Waals surface area contributed by atoms with Crippen molar-refractivity contribution in [3.8, 4) is 0 Å². The van der Waals surface area contributed by atoms with Crippen LogP contribution in [-0.2, 0) is 20.9 Å². The number of aliphatic hydroxyl groups is 1. The van der Waals surface area contributed by atoms with E-state index in [4.69, 9.17) is 9.47 Å². The molecule has 0 aromatic heterocycles. The molecule has 1 heterocycles. The number of hydrogen-bond acceptors (Lipinski definition) is 5. The minimum atomic E-state index is -1.26. The fourth-order valence-corrected chi connectivity index (χ4v) is 1.87. The smallest absolute Gasteiger partial charge is 0.337 e. The summed E-state index contributed by atoms with van der Waals surface area (Å²) < 4.78 is 10.3. The topological polar surface area (TPSA) is 67.8 Å². The highest BCUT2D eigenvalue weighted by Crippen LogP contribution is 2.21. The summed E-state index contributed by atoms with van der Waals surface area (Å²) in [5, 5.41) is 13.0. The largest absolute Gasteiger partial charge is 0.464 e. The second-order valence-corrected chi connectivity index (χ2v) is 4.08. The van der Waals surface area contributed by atoms with E-state index in [9.17, 15) is 9.90 Å². The molecule has 2 N–H and O–H groups in total. The van der Waals surface area contributed by atoms with Crippen molar-refractivity contribution in [3.05, 3.63) is 29.8 Å². The SMILES string of the molecule is CCOC(=O)C(O)C1CNc2ccccc2CO1. The number of hydrogen-bond donors (Lipinski definition) is 2. The zero-order valence-electron chi connectivity index (χ0n) is 10.3. The maximum atomic E-state index is 11.4. The quantitative estimate of drug-likeness (QED) is 0.782. The molecule has 0 bridgehead atoms. The molecule has 0 amide bonds. The second kappa shape index (κ2) is 5.84. The number of aliphatic hydroxyl groups excluding tert-OH is 1. The van der Waals surface area contributed by atoms with Gasteiger partial charge >= 0.3 is 5.97 Å². The van der Waals surface area contributed by atoms with E-state index in [1.807, 2.05) is 24.3 Å². The summed E-state index contributed by atoms with van der Waals surface area (Å²) in [6, 6.07) is 7.74. The van der Waals surface area contributed by atoms with Crippen molar-refractivity contribution < 1.29 is 19.4 Å². The van der Waals surface area contributed by atoms with Gasteiger partial charge in [0.15, 0.2) is 6.10 Å². The first-order valence-electron chi connectivity index (χ1n) is 6.00. The summed E-state index contributed by atoms with van der Waals surface area (Å²) in [5.41, 5.74) is 1.98. The van der Waals surface area contributed by atoms with Gasteiger partial charge in [0.2, 0.25) is 0 Å². The fraction of sp³-hybridized carbons (Fsp3) is 0.462. The molecule has 18 heavy (non-hydrogen) atoms.